The van der Waals surface area contributed by atoms with Crippen LogP contribution in [0.5, 0.6) is 34.5 Å². The van der Waals surface area contributed by atoms with Gasteiger partial charge in [-0.15, -0.1) is 0 Å². The van der Waals surface area contributed by atoms with Crippen molar-refractivity contribution in [3.05, 3.63) is 35.4 Å². The second-order valence-corrected chi connectivity index (χ2v) is 7.03. The van der Waals surface area contributed by atoms with Crippen LogP contribution in [-0.4, -0.2) is 49.6 Å². The molecule has 0 unspecified atom stereocenters. The maximum atomic E-state index is 12.6. The lowest BCUT2D eigenvalue weighted by atomic mass is 9.75. The number of rotatable bonds is 3. The summed E-state index contributed by atoms with van der Waals surface area (Å²) in [4.78, 5) is 12.6. The molecular formula is C20H18O9. The highest BCUT2D eigenvalue weighted by Crippen LogP contribution is 2.55. The number of cyclic esters (lactones) is 1. The lowest BCUT2D eigenvalue weighted by Crippen LogP contribution is -2.50. The summed E-state index contributed by atoms with van der Waals surface area (Å²) in [6, 6.07) is 6.53. The third-order valence-electron chi connectivity index (χ3n) is 5.48. The van der Waals surface area contributed by atoms with Gasteiger partial charge in [0.1, 0.15) is 11.7 Å². The molecule has 1 fully saturated rings. The molecule has 0 aromatic heterocycles. The molecule has 2 aromatic carbocycles. The van der Waals surface area contributed by atoms with Crippen LogP contribution in [0.25, 0.3) is 0 Å². The van der Waals surface area contributed by atoms with E-state index in [-0.39, 0.29) is 30.6 Å². The van der Waals surface area contributed by atoms with Crippen molar-refractivity contribution in [2.24, 2.45) is 5.92 Å². The van der Waals surface area contributed by atoms with Gasteiger partial charge in [-0.2, -0.15) is 0 Å². The summed E-state index contributed by atoms with van der Waals surface area (Å²) in [5.74, 6) is -2.63. The normalized spacial score (nSPS) is 26.2. The Balaban J connectivity index is 1.75. The van der Waals surface area contributed by atoms with Gasteiger partial charge in [-0.3, -0.25) is 4.79 Å². The molecule has 3 aliphatic rings. The van der Waals surface area contributed by atoms with E-state index in [2.05, 4.69) is 0 Å². The molecule has 9 heteroatoms. The van der Waals surface area contributed by atoms with Gasteiger partial charge in [0.05, 0.1) is 14.2 Å². The van der Waals surface area contributed by atoms with E-state index in [0.29, 0.717) is 28.4 Å². The summed E-state index contributed by atoms with van der Waals surface area (Å²) in [5.41, 5.74) is 1.18. The minimum atomic E-state index is -1.85. The third kappa shape index (κ3) is 2.47. The van der Waals surface area contributed by atoms with E-state index in [1.165, 1.54) is 14.2 Å². The van der Waals surface area contributed by atoms with E-state index in [4.69, 9.17) is 28.4 Å². The maximum absolute atomic E-state index is 12.6. The molecule has 3 atom stereocenters. The Morgan fingerprint density at radius 1 is 1.00 bits per heavy atom. The first-order chi connectivity index (χ1) is 13.9. The van der Waals surface area contributed by atoms with E-state index in [1.54, 1.807) is 24.3 Å². The topological polar surface area (TPSA) is 113 Å². The van der Waals surface area contributed by atoms with Crippen molar-refractivity contribution < 1.29 is 43.4 Å². The van der Waals surface area contributed by atoms with E-state index in [9.17, 15) is 15.0 Å². The number of hydrogen-bond donors (Lipinski definition) is 2. The van der Waals surface area contributed by atoms with Crippen molar-refractivity contribution in [1.82, 2.24) is 0 Å². The number of benzene rings is 2. The summed E-state index contributed by atoms with van der Waals surface area (Å²) in [6.45, 7) is -0.229. The average molecular weight is 402 g/mol. The number of esters is 1. The van der Waals surface area contributed by atoms with Crippen molar-refractivity contribution >= 4 is 5.97 Å². The molecule has 3 aliphatic heterocycles. The van der Waals surface area contributed by atoms with Crippen molar-refractivity contribution in [2.45, 2.75) is 11.7 Å². The number of carbonyl (C=O) groups excluding carboxylic acids is 1. The van der Waals surface area contributed by atoms with Gasteiger partial charge < -0.3 is 38.6 Å². The van der Waals surface area contributed by atoms with Crippen molar-refractivity contribution in [1.29, 1.82) is 0 Å². The Kier molecular flexibility index (Phi) is 3.72. The van der Waals surface area contributed by atoms with E-state index < -0.39 is 23.6 Å². The Bertz CT molecular complexity index is 992. The smallest absolute Gasteiger partial charge is 0.317 e. The molecule has 2 aromatic rings. The highest BCUT2D eigenvalue weighted by Gasteiger charge is 2.59. The number of hydrogen-bond acceptors (Lipinski definition) is 9. The zero-order valence-corrected chi connectivity index (χ0v) is 15.6. The zero-order chi connectivity index (χ0) is 20.3. The summed E-state index contributed by atoms with van der Waals surface area (Å²) in [5, 5.41) is 21.3. The SMILES string of the molecule is COc1cc([C@@H]2c3cc4c(cc3O[C@@]3(O)COC(=O)[C@H]23)OCO4)cc(OC)c1O. The Morgan fingerprint density at radius 3 is 2.31 bits per heavy atom. The first-order valence-electron chi connectivity index (χ1n) is 8.91. The van der Waals surface area contributed by atoms with Gasteiger partial charge in [0.15, 0.2) is 29.6 Å². The molecule has 2 N–H and O–H groups in total. The maximum Gasteiger partial charge on any atom is 0.317 e. The Hall–Kier alpha value is -3.33. The summed E-state index contributed by atoms with van der Waals surface area (Å²) >= 11 is 0. The van der Waals surface area contributed by atoms with E-state index in [0.717, 1.165) is 0 Å². The van der Waals surface area contributed by atoms with Gasteiger partial charge in [-0.05, 0) is 23.8 Å². The first-order valence-corrected chi connectivity index (χ1v) is 8.91. The van der Waals surface area contributed by atoms with Crippen LogP contribution >= 0.6 is 0 Å². The number of aromatic hydroxyl groups is 1. The fraction of sp³-hybridized carbons (Fsp3) is 0.350. The second-order valence-electron chi connectivity index (χ2n) is 7.03. The van der Waals surface area contributed by atoms with Gasteiger partial charge in [0, 0.05) is 17.5 Å². The van der Waals surface area contributed by atoms with Gasteiger partial charge in [-0.1, -0.05) is 0 Å². The molecule has 3 heterocycles. The number of phenolic OH excluding ortho intramolecular Hbond substituents is 1. The van der Waals surface area contributed by atoms with Crippen molar-refractivity contribution in [3.8, 4) is 34.5 Å². The first kappa shape index (κ1) is 17.7. The monoisotopic (exact) mass is 402 g/mol. The Morgan fingerprint density at radius 2 is 1.66 bits per heavy atom. The quantitative estimate of drug-likeness (QED) is 0.738. The lowest BCUT2D eigenvalue weighted by molar-refractivity contribution is -0.173. The van der Waals surface area contributed by atoms with Gasteiger partial charge in [-0.25, -0.2) is 0 Å². The average Bonchev–Trinajstić information content (AvgIpc) is 3.28. The van der Waals surface area contributed by atoms with Gasteiger partial charge in [0.2, 0.25) is 12.5 Å². The molecule has 0 spiro atoms. The summed E-state index contributed by atoms with van der Waals surface area (Å²) < 4.78 is 32.3. The number of ether oxygens (including phenoxy) is 6. The van der Waals surface area contributed by atoms with Crippen molar-refractivity contribution in [2.75, 3.05) is 27.6 Å². The second kappa shape index (κ2) is 6.08. The number of fused-ring (bicyclic) bond motifs is 3. The highest BCUT2D eigenvalue weighted by molar-refractivity contribution is 5.80. The third-order valence-corrected chi connectivity index (χ3v) is 5.48. The molecule has 0 amide bonds. The van der Waals surface area contributed by atoms with Crippen LogP contribution in [0.15, 0.2) is 24.3 Å². The number of phenols is 1. The van der Waals surface area contributed by atoms with Crippen molar-refractivity contribution in [3.63, 3.8) is 0 Å². The predicted molar refractivity (Wildman–Crippen MR) is 95.6 cm³/mol. The molecule has 0 aliphatic carbocycles. The number of aliphatic hydroxyl groups is 1. The summed E-state index contributed by atoms with van der Waals surface area (Å²) in [6.07, 6.45) is 0. The minimum Gasteiger partial charge on any atom is -0.502 e. The van der Waals surface area contributed by atoms with Crippen LogP contribution in [0.4, 0.5) is 0 Å². The fourth-order valence-corrected chi connectivity index (χ4v) is 4.13. The molecule has 0 bridgehead atoms. The molecule has 152 valence electrons. The van der Waals surface area contributed by atoms with Crippen LogP contribution in [-0.2, 0) is 9.53 Å². The van der Waals surface area contributed by atoms with Crippen LogP contribution in [0.2, 0.25) is 0 Å². The molecule has 9 nitrogen and oxygen atoms in total. The molecular weight excluding hydrogens is 384 g/mol. The van der Waals surface area contributed by atoms with E-state index in [1.807, 2.05) is 0 Å². The lowest BCUT2D eigenvalue weighted by Gasteiger charge is -2.38. The van der Waals surface area contributed by atoms with Crippen LogP contribution in [0.3, 0.4) is 0 Å². The largest absolute Gasteiger partial charge is 0.502 e. The van der Waals surface area contributed by atoms with Crippen LogP contribution in [0.1, 0.15) is 17.0 Å². The van der Waals surface area contributed by atoms with Gasteiger partial charge >= 0.3 is 5.97 Å². The standard InChI is InChI=1S/C20H18O9/c1-24-14-3-9(4-15(25-2)18(14)21)16-10-5-12-13(28-8-27-12)6-11(10)29-20(23)7-26-19(22)17(16)20/h3-6,16-17,21,23H,7-8H2,1-2H3/t16-,17+,20+/m1/s1. The number of methoxy groups -OCH3 is 2. The highest BCUT2D eigenvalue weighted by atomic mass is 16.7. The molecule has 29 heavy (non-hydrogen) atoms. The molecule has 5 rings (SSSR count). The molecule has 0 saturated carbocycles. The van der Waals surface area contributed by atoms with E-state index >= 15 is 0 Å². The fourth-order valence-electron chi connectivity index (χ4n) is 4.13. The minimum absolute atomic E-state index is 0.0689. The zero-order valence-electron chi connectivity index (χ0n) is 15.6. The van der Waals surface area contributed by atoms with Crippen LogP contribution < -0.4 is 23.7 Å². The Labute approximate surface area is 165 Å². The predicted octanol–water partition coefficient (Wildman–Crippen LogP) is 1.52. The van der Waals surface area contributed by atoms with Crippen LogP contribution in [0, 0.1) is 5.92 Å². The summed E-state index contributed by atoms with van der Waals surface area (Å²) in [7, 11) is 2.82. The molecule has 1 saturated heterocycles. The molecule has 0 radical (unpaired) electrons. The van der Waals surface area contributed by atoms with Gasteiger partial charge in [0.25, 0.3) is 5.79 Å². The number of carbonyl (C=O) groups is 1.